The summed E-state index contributed by atoms with van der Waals surface area (Å²) >= 11 is 6.05. The quantitative estimate of drug-likeness (QED) is 0.608. The monoisotopic (exact) mass is 482 g/mol. The van der Waals surface area contributed by atoms with Crippen LogP contribution in [-0.4, -0.2) is 55.7 Å². The van der Waals surface area contributed by atoms with Gasteiger partial charge >= 0.3 is 12.0 Å². The van der Waals surface area contributed by atoms with Gasteiger partial charge in [0, 0.05) is 48.6 Å². The predicted molar refractivity (Wildman–Crippen MR) is 134 cm³/mol. The smallest absolute Gasteiger partial charge is 0.338 e. The van der Waals surface area contributed by atoms with Crippen LogP contribution < -0.4 is 15.5 Å². The number of carbonyl (C=O) groups excluding carboxylic acids is 2. The topological polar surface area (TPSA) is 73.9 Å². The van der Waals surface area contributed by atoms with Crippen molar-refractivity contribution in [3.05, 3.63) is 76.0 Å². The Morgan fingerprint density at radius 1 is 1.18 bits per heavy atom. The summed E-state index contributed by atoms with van der Waals surface area (Å²) in [6.45, 7) is 9.27. The summed E-state index contributed by atoms with van der Waals surface area (Å²) in [6, 6.07) is 15.0. The van der Waals surface area contributed by atoms with E-state index in [9.17, 15) is 9.59 Å². The van der Waals surface area contributed by atoms with E-state index in [1.165, 1.54) is 11.3 Å². The summed E-state index contributed by atoms with van der Waals surface area (Å²) in [5.74, 6) is -0.434. The third-order valence-electron chi connectivity index (χ3n) is 6.28. The Morgan fingerprint density at radius 3 is 2.62 bits per heavy atom. The zero-order valence-electron chi connectivity index (χ0n) is 19.8. The Hall–Kier alpha value is -3.03. The highest BCUT2D eigenvalue weighted by atomic mass is 35.5. The van der Waals surface area contributed by atoms with Crippen molar-refractivity contribution in [1.82, 2.24) is 15.5 Å². The third-order valence-corrected chi connectivity index (χ3v) is 6.53. The van der Waals surface area contributed by atoms with Gasteiger partial charge in [-0.1, -0.05) is 35.9 Å². The molecule has 2 aliphatic rings. The summed E-state index contributed by atoms with van der Waals surface area (Å²) in [7, 11) is 0. The van der Waals surface area contributed by atoms with Crippen molar-refractivity contribution in [2.75, 3.05) is 37.7 Å². The molecule has 4 rings (SSSR count). The number of hydrogen-bond acceptors (Lipinski definition) is 5. The van der Waals surface area contributed by atoms with Gasteiger partial charge in [-0.2, -0.15) is 0 Å². The molecule has 2 atom stereocenters. The summed E-state index contributed by atoms with van der Waals surface area (Å²) in [5, 5.41) is 6.34. The fourth-order valence-corrected chi connectivity index (χ4v) is 4.81. The van der Waals surface area contributed by atoms with Gasteiger partial charge in [-0.3, -0.25) is 4.90 Å². The summed E-state index contributed by atoms with van der Waals surface area (Å²) < 4.78 is 5.38. The molecular weight excluding hydrogens is 452 g/mol. The number of halogens is 1. The molecule has 2 aliphatic heterocycles. The first-order valence-electron chi connectivity index (χ1n) is 11.6. The van der Waals surface area contributed by atoms with Crippen molar-refractivity contribution in [3.8, 4) is 0 Å². The van der Waals surface area contributed by atoms with Gasteiger partial charge in [0.2, 0.25) is 0 Å². The van der Waals surface area contributed by atoms with Crippen LogP contribution in [0.15, 0.2) is 59.8 Å². The van der Waals surface area contributed by atoms with Crippen molar-refractivity contribution in [2.24, 2.45) is 0 Å². The standard InChI is InChI=1S/C26H31ClN4O3/c1-4-34-25(32)23-22(28-26(33)29-24(23)19-8-10-20(27)11-9-19)16-30-12-13-31(18(3)15-30)21-7-5-6-17(2)14-21/h5-11,14,18,24H,4,12-13,15-16H2,1-3H3,(H2,28,29,33)/t18-,24+/m0/s1. The molecule has 0 bridgehead atoms. The van der Waals surface area contributed by atoms with Crippen LogP contribution in [0.25, 0.3) is 0 Å². The molecule has 1 saturated heterocycles. The number of ether oxygens (including phenoxy) is 1. The Morgan fingerprint density at radius 2 is 1.94 bits per heavy atom. The second-order valence-corrected chi connectivity index (χ2v) is 9.25. The van der Waals surface area contributed by atoms with E-state index in [0.29, 0.717) is 22.8 Å². The number of esters is 1. The lowest BCUT2D eigenvalue weighted by molar-refractivity contribution is -0.139. The van der Waals surface area contributed by atoms with Crippen molar-refractivity contribution >= 4 is 29.3 Å². The molecule has 0 unspecified atom stereocenters. The second-order valence-electron chi connectivity index (χ2n) is 8.81. The van der Waals surface area contributed by atoms with Gasteiger partial charge in [0.25, 0.3) is 0 Å². The molecule has 34 heavy (non-hydrogen) atoms. The molecule has 0 aromatic heterocycles. The molecule has 2 aromatic rings. The van der Waals surface area contributed by atoms with Gasteiger partial charge in [0.15, 0.2) is 0 Å². The van der Waals surface area contributed by atoms with Gasteiger partial charge in [0.05, 0.1) is 18.2 Å². The Bertz CT molecular complexity index is 1090. The number of nitrogens with one attached hydrogen (secondary N) is 2. The van der Waals surface area contributed by atoms with Crippen molar-refractivity contribution < 1.29 is 14.3 Å². The Balaban J connectivity index is 1.58. The molecule has 0 radical (unpaired) electrons. The normalized spacial score (nSPS) is 21.2. The molecule has 2 aromatic carbocycles. The molecular formula is C26H31ClN4O3. The highest BCUT2D eigenvalue weighted by molar-refractivity contribution is 6.30. The largest absolute Gasteiger partial charge is 0.463 e. The molecule has 7 nitrogen and oxygen atoms in total. The van der Waals surface area contributed by atoms with E-state index in [1.54, 1.807) is 19.1 Å². The lowest BCUT2D eigenvalue weighted by atomic mass is 9.95. The van der Waals surface area contributed by atoms with Crippen LogP contribution >= 0.6 is 11.6 Å². The van der Waals surface area contributed by atoms with Gasteiger partial charge in [-0.15, -0.1) is 0 Å². The van der Waals surface area contributed by atoms with E-state index in [1.807, 2.05) is 12.1 Å². The van der Waals surface area contributed by atoms with Crippen molar-refractivity contribution in [2.45, 2.75) is 32.9 Å². The SMILES string of the molecule is CCOC(=O)C1=C(CN2CCN(c3cccc(C)c3)[C@@H](C)C2)NC(=O)N[C@@H]1c1ccc(Cl)cc1. The van der Waals surface area contributed by atoms with Crippen LogP contribution in [-0.2, 0) is 9.53 Å². The van der Waals surface area contributed by atoms with Crippen molar-refractivity contribution in [1.29, 1.82) is 0 Å². The molecule has 0 saturated carbocycles. The van der Waals surface area contributed by atoms with E-state index >= 15 is 0 Å². The first-order chi connectivity index (χ1) is 16.4. The maximum atomic E-state index is 13.0. The van der Waals surface area contributed by atoms with Crippen LogP contribution in [0.5, 0.6) is 0 Å². The first-order valence-corrected chi connectivity index (χ1v) is 12.0. The summed E-state index contributed by atoms with van der Waals surface area (Å²) in [6.07, 6.45) is 0. The molecule has 2 heterocycles. The summed E-state index contributed by atoms with van der Waals surface area (Å²) in [5.41, 5.74) is 4.24. The molecule has 0 spiro atoms. The number of rotatable bonds is 6. The van der Waals surface area contributed by atoms with Gasteiger partial charge in [0.1, 0.15) is 0 Å². The molecule has 2 amide bonds. The Labute approximate surface area is 205 Å². The van der Waals surface area contributed by atoms with Crippen LogP contribution in [0.1, 0.15) is 31.0 Å². The zero-order valence-corrected chi connectivity index (χ0v) is 20.6. The average Bonchev–Trinajstić information content (AvgIpc) is 2.79. The number of anilines is 1. The molecule has 2 N–H and O–H groups in total. The van der Waals surface area contributed by atoms with E-state index < -0.39 is 12.0 Å². The number of benzene rings is 2. The molecule has 1 fully saturated rings. The van der Waals surface area contributed by atoms with Gasteiger partial charge < -0.3 is 20.3 Å². The van der Waals surface area contributed by atoms with E-state index in [-0.39, 0.29) is 18.7 Å². The highest BCUT2D eigenvalue weighted by Gasteiger charge is 2.35. The minimum atomic E-state index is -0.605. The van der Waals surface area contributed by atoms with Gasteiger partial charge in [-0.05, 0) is 56.2 Å². The van der Waals surface area contributed by atoms with Crippen molar-refractivity contribution in [3.63, 3.8) is 0 Å². The number of hydrogen-bond donors (Lipinski definition) is 2. The maximum Gasteiger partial charge on any atom is 0.338 e. The summed E-state index contributed by atoms with van der Waals surface area (Å²) in [4.78, 5) is 30.3. The number of aryl methyl sites for hydroxylation is 1. The third kappa shape index (κ3) is 5.37. The Kier molecular flexibility index (Phi) is 7.44. The fourth-order valence-electron chi connectivity index (χ4n) is 4.69. The van der Waals surface area contributed by atoms with Gasteiger partial charge in [-0.25, -0.2) is 9.59 Å². The second kappa shape index (κ2) is 10.5. The van der Waals surface area contributed by atoms with Crippen LogP contribution in [0.4, 0.5) is 10.5 Å². The molecule has 8 heteroatoms. The average molecular weight is 483 g/mol. The van der Waals surface area contributed by atoms with Crippen LogP contribution in [0.3, 0.4) is 0 Å². The zero-order chi connectivity index (χ0) is 24.2. The number of urea groups is 1. The van der Waals surface area contributed by atoms with Crippen LogP contribution in [0, 0.1) is 6.92 Å². The molecule has 180 valence electrons. The number of nitrogens with zero attached hydrogens (tertiary/aromatic N) is 2. The van der Waals surface area contributed by atoms with Crippen LogP contribution in [0.2, 0.25) is 5.02 Å². The highest BCUT2D eigenvalue weighted by Crippen LogP contribution is 2.30. The number of carbonyl (C=O) groups is 2. The van der Waals surface area contributed by atoms with E-state index in [0.717, 1.165) is 25.2 Å². The predicted octanol–water partition coefficient (Wildman–Crippen LogP) is 4.03. The number of amides is 2. The van der Waals surface area contributed by atoms with E-state index in [2.05, 4.69) is 58.5 Å². The van der Waals surface area contributed by atoms with E-state index in [4.69, 9.17) is 16.3 Å². The number of piperazine rings is 1. The molecule has 0 aliphatic carbocycles. The lowest BCUT2D eigenvalue weighted by Gasteiger charge is -2.42. The lowest BCUT2D eigenvalue weighted by Crippen LogP contribution is -2.54. The maximum absolute atomic E-state index is 13.0. The first kappa shape index (κ1) is 24.1. The minimum absolute atomic E-state index is 0.253. The minimum Gasteiger partial charge on any atom is -0.463 e. The fraction of sp³-hybridized carbons (Fsp3) is 0.385.